The Hall–Kier alpha value is -0.610. The summed E-state index contributed by atoms with van der Waals surface area (Å²) >= 11 is 3.41. The number of rotatable bonds is 6. The van der Waals surface area contributed by atoms with Crippen molar-refractivity contribution >= 4 is 21.7 Å². The number of anilines is 1. The molecule has 0 radical (unpaired) electrons. The first-order valence-corrected chi connectivity index (χ1v) is 6.64. The van der Waals surface area contributed by atoms with E-state index in [-0.39, 0.29) is 0 Å². The van der Waals surface area contributed by atoms with Gasteiger partial charge in [0.25, 0.3) is 0 Å². The molecule has 0 bridgehead atoms. The zero-order chi connectivity index (χ0) is 11.4. The molecule has 0 aliphatic heterocycles. The van der Waals surface area contributed by atoms with Gasteiger partial charge in [0.1, 0.15) is 5.82 Å². The molecular formula is C12H18BrN3. The van der Waals surface area contributed by atoms with Gasteiger partial charge in [-0.3, -0.25) is 0 Å². The van der Waals surface area contributed by atoms with Crippen LogP contribution in [0.3, 0.4) is 0 Å². The third-order valence-electron chi connectivity index (χ3n) is 2.70. The predicted molar refractivity (Wildman–Crippen MR) is 70.8 cm³/mol. The summed E-state index contributed by atoms with van der Waals surface area (Å²) in [6.07, 6.45) is 5.70. The number of pyridine rings is 1. The SMILES string of the molecule is Cc1cc(Br)cnc1NCCCNC1CC1. The number of hydrogen-bond acceptors (Lipinski definition) is 3. The fourth-order valence-corrected chi connectivity index (χ4v) is 2.06. The Bertz CT molecular complexity index is 350. The van der Waals surface area contributed by atoms with Gasteiger partial charge in [-0.2, -0.15) is 0 Å². The minimum atomic E-state index is 0.813. The van der Waals surface area contributed by atoms with Crippen LogP contribution in [0.15, 0.2) is 16.7 Å². The average molecular weight is 284 g/mol. The summed E-state index contributed by atoms with van der Waals surface area (Å²) in [5, 5.41) is 6.86. The van der Waals surface area contributed by atoms with Gasteiger partial charge in [0.2, 0.25) is 0 Å². The lowest BCUT2D eigenvalue weighted by molar-refractivity contribution is 0.658. The van der Waals surface area contributed by atoms with Gasteiger partial charge in [-0.15, -0.1) is 0 Å². The largest absolute Gasteiger partial charge is 0.370 e. The van der Waals surface area contributed by atoms with E-state index in [0.717, 1.165) is 35.8 Å². The molecule has 1 heterocycles. The summed E-state index contributed by atoms with van der Waals surface area (Å²) in [4.78, 5) is 4.34. The Morgan fingerprint density at radius 1 is 1.44 bits per heavy atom. The minimum absolute atomic E-state index is 0.813. The molecule has 0 aromatic carbocycles. The molecule has 1 aromatic rings. The highest BCUT2D eigenvalue weighted by molar-refractivity contribution is 9.10. The molecule has 16 heavy (non-hydrogen) atoms. The molecule has 0 spiro atoms. The van der Waals surface area contributed by atoms with Crippen LogP contribution in [0.1, 0.15) is 24.8 Å². The van der Waals surface area contributed by atoms with Crippen LogP contribution in [0, 0.1) is 6.92 Å². The van der Waals surface area contributed by atoms with Gasteiger partial charge < -0.3 is 10.6 Å². The summed E-state index contributed by atoms with van der Waals surface area (Å²) in [5.74, 6) is 0.995. The van der Waals surface area contributed by atoms with Gasteiger partial charge in [-0.25, -0.2) is 4.98 Å². The van der Waals surface area contributed by atoms with E-state index >= 15 is 0 Å². The van der Waals surface area contributed by atoms with Crippen molar-refractivity contribution in [3.8, 4) is 0 Å². The number of nitrogens with zero attached hydrogens (tertiary/aromatic N) is 1. The number of aromatic nitrogens is 1. The van der Waals surface area contributed by atoms with Gasteiger partial charge in [0, 0.05) is 23.3 Å². The number of aryl methyl sites for hydroxylation is 1. The zero-order valence-corrected chi connectivity index (χ0v) is 11.2. The molecule has 1 fully saturated rings. The number of halogens is 1. The van der Waals surface area contributed by atoms with Gasteiger partial charge >= 0.3 is 0 Å². The molecule has 2 rings (SSSR count). The highest BCUT2D eigenvalue weighted by Gasteiger charge is 2.19. The van der Waals surface area contributed by atoms with Crippen LogP contribution in [0.2, 0.25) is 0 Å². The molecule has 88 valence electrons. The van der Waals surface area contributed by atoms with E-state index in [1.807, 2.05) is 6.20 Å². The van der Waals surface area contributed by atoms with E-state index in [4.69, 9.17) is 0 Å². The maximum Gasteiger partial charge on any atom is 0.128 e. The number of hydrogen-bond donors (Lipinski definition) is 2. The Kier molecular flexibility index (Phi) is 4.18. The third-order valence-corrected chi connectivity index (χ3v) is 3.13. The molecule has 1 saturated carbocycles. The first kappa shape index (κ1) is 11.9. The minimum Gasteiger partial charge on any atom is -0.370 e. The average Bonchev–Trinajstić information content (AvgIpc) is 3.04. The fourth-order valence-electron chi connectivity index (χ4n) is 1.61. The summed E-state index contributed by atoms with van der Waals surface area (Å²) < 4.78 is 1.03. The summed E-state index contributed by atoms with van der Waals surface area (Å²) in [6.45, 7) is 4.16. The first-order valence-electron chi connectivity index (χ1n) is 5.85. The van der Waals surface area contributed by atoms with Crippen molar-refractivity contribution in [2.75, 3.05) is 18.4 Å². The van der Waals surface area contributed by atoms with Crippen molar-refractivity contribution in [2.24, 2.45) is 0 Å². The topological polar surface area (TPSA) is 37.0 Å². The molecule has 0 unspecified atom stereocenters. The summed E-state index contributed by atoms with van der Waals surface area (Å²) in [7, 11) is 0. The fraction of sp³-hybridized carbons (Fsp3) is 0.583. The molecule has 0 atom stereocenters. The molecule has 1 aliphatic carbocycles. The van der Waals surface area contributed by atoms with Crippen molar-refractivity contribution in [1.82, 2.24) is 10.3 Å². The molecule has 0 amide bonds. The zero-order valence-electron chi connectivity index (χ0n) is 9.59. The van der Waals surface area contributed by atoms with E-state index in [1.165, 1.54) is 18.4 Å². The van der Waals surface area contributed by atoms with Crippen molar-refractivity contribution in [1.29, 1.82) is 0 Å². The maximum atomic E-state index is 4.34. The Balaban J connectivity index is 1.67. The van der Waals surface area contributed by atoms with Crippen LogP contribution >= 0.6 is 15.9 Å². The lowest BCUT2D eigenvalue weighted by Crippen LogP contribution is -2.20. The molecule has 1 aromatic heterocycles. The second-order valence-corrected chi connectivity index (χ2v) is 5.24. The Labute approximate surface area is 105 Å². The standard InChI is InChI=1S/C12H18BrN3/c1-9-7-10(13)8-16-12(9)15-6-2-5-14-11-3-4-11/h7-8,11,14H,2-6H2,1H3,(H,15,16). The van der Waals surface area contributed by atoms with Crippen LogP contribution in [-0.2, 0) is 0 Å². The van der Waals surface area contributed by atoms with E-state index in [9.17, 15) is 0 Å². The van der Waals surface area contributed by atoms with Gasteiger partial charge in [0.15, 0.2) is 0 Å². The van der Waals surface area contributed by atoms with Crippen molar-refractivity contribution in [3.05, 3.63) is 22.3 Å². The predicted octanol–water partition coefficient (Wildman–Crippen LogP) is 2.71. The summed E-state index contributed by atoms with van der Waals surface area (Å²) in [6, 6.07) is 2.89. The maximum absolute atomic E-state index is 4.34. The van der Waals surface area contributed by atoms with E-state index < -0.39 is 0 Å². The first-order chi connectivity index (χ1) is 7.75. The van der Waals surface area contributed by atoms with E-state index in [0.29, 0.717) is 0 Å². The number of nitrogens with one attached hydrogen (secondary N) is 2. The molecule has 1 aliphatic rings. The second kappa shape index (κ2) is 5.64. The molecule has 3 nitrogen and oxygen atoms in total. The van der Waals surface area contributed by atoms with Crippen LogP contribution in [-0.4, -0.2) is 24.1 Å². The van der Waals surface area contributed by atoms with Crippen molar-refractivity contribution < 1.29 is 0 Å². The monoisotopic (exact) mass is 283 g/mol. The van der Waals surface area contributed by atoms with Crippen molar-refractivity contribution in [3.63, 3.8) is 0 Å². The lowest BCUT2D eigenvalue weighted by atomic mass is 10.3. The van der Waals surface area contributed by atoms with Crippen LogP contribution in [0.25, 0.3) is 0 Å². The lowest BCUT2D eigenvalue weighted by Gasteiger charge is -2.08. The Morgan fingerprint density at radius 3 is 2.94 bits per heavy atom. The highest BCUT2D eigenvalue weighted by atomic mass is 79.9. The van der Waals surface area contributed by atoms with E-state index in [2.05, 4.69) is 44.5 Å². The van der Waals surface area contributed by atoms with Crippen LogP contribution < -0.4 is 10.6 Å². The molecule has 4 heteroatoms. The molecular weight excluding hydrogens is 266 g/mol. The highest BCUT2D eigenvalue weighted by Crippen LogP contribution is 2.18. The van der Waals surface area contributed by atoms with Crippen LogP contribution in [0.5, 0.6) is 0 Å². The smallest absolute Gasteiger partial charge is 0.128 e. The van der Waals surface area contributed by atoms with Gasteiger partial charge in [-0.1, -0.05) is 0 Å². The third kappa shape index (κ3) is 3.76. The van der Waals surface area contributed by atoms with Crippen LogP contribution in [0.4, 0.5) is 5.82 Å². The second-order valence-electron chi connectivity index (χ2n) is 4.33. The van der Waals surface area contributed by atoms with Gasteiger partial charge in [0.05, 0.1) is 0 Å². The van der Waals surface area contributed by atoms with Crippen molar-refractivity contribution in [2.45, 2.75) is 32.2 Å². The molecule has 2 N–H and O–H groups in total. The quantitative estimate of drug-likeness (QED) is 0.789. The summed E-state index contributed by atoms with van der Waals surface area (Å²) in [5.41, 5.74) is 1.18. The van der Waals surface area contributed by atoms with Gasteiger partial charge in [-0.05, 0) is 60.3 Å². The Morgan fingerprint density at radius 2 is 2.25 bits per heavy atom. The molecule has 0 saturated heterocycles. The van der Waals surface area contributed by atoms with E-state index in [1.54, 1.807) is 0 Å². The normalized spacial score (nSPS) is 15.1.